The number of methoxy groups -OCH3 is 1. The Bertz CT molecular complexity index is 503. The molecule has 2 aliphatic rings. The van der Waals surface area contributed by atoms with Gasteiger partial charge in [0.25, 0.3) is 0 Å². The van der Waals surface area contributed by atoms with Gasteiger partial charge in [0.2, 0.25) is 0 Å². The highest BCUT2D eigenvalue weighted by molar-refractivity contribution is 5.57. The van der Waals surface area contributed by atoms with Crippen molar-refractivity contribution < 1.29 is 9.47 Å². The van der Waals surface area contributed by atoms with E-state index in [0.717, 1.165) is 18.4 Å². The van der Waals surface area contributed by atoms with Crippen molar-refractivity contribution in [2.75, 3.05) is 57.4 Å². The van der Waals surface area contributed by atoms with E-state index < -0.39 is 0 Å². The van der Waals surface area contributed by atoms with Crippen LogP contribution in [0, 0.1) is 11.8 Å². The minimum Gasteiger partial charge on any atom is -0.382 e. The lowest BCUT2D eigenvalue weighted by Crippen LogP contribution is -2.37. The molecule has 3 unspecified atom stereocenters. The van der Waals surface area contributed by atoms with Crippen LogP contribution in [0.15, 0.2) is 24.3 Å². The third-order valence-electron chi connectivity index (χ3n) is 5.71. The monoisotopic (exact) mass is 332 g/mol. The van der Waals surface area contributed by atoms with E-state index >= 15 is 0 Å². The molecule has 1 aromatic rings. The fraction of sp³-hybridized carbons (Fsp3) is 0.700. The Morgan fingerprint density at radius 3 is 2.54 bits per heavy atom. The van der Waals surface area contributed by atoms with Crippen LogP contribution in [0.1, 0.15) is 25.7 Å². The zero-order valence-electron chi connectivity index (χ0n) is 15.4. The number of ether oxygens (including phenoxy) is 2. The van der Waals surface area contributed by atoms with Crippen LogP contribution in [0.5, 0.6) is 0 Å². The Morgan fingerprint density at radius 1 is 1.08 bits per heavy atom. The Morgan fingerprint density at radius 2 is 1.83 bits per heavy atom. The Hall–Kier alpha value is -1.26. The predicted octanol–water partition coefficient (Wildman–Crippen LogP) is 3.41. The van der Waals surface area contributed by atoms with Gasteiger partial charge < -0.3 is 19.3 Å². The fourth-order valence-corrected chi connectivity index (χ4v) is 4.39. The maximum Gasteiger partial charge on any atom is 0.0701 e. The van der Waals surface area contributed by atoms with Gasteiger partial charge in [0.1, 0.15) is 0 Å². The number of benzene rings is 1. The molecule has 2 fully saturated rings. The summed E-state index contributed by atoms with van der Waals surface area (Å²) in [7, 11) is 5.91. The Labute approximate surface area is 146 Å². The van der Waals surface area contributed by atoms with Crippen LogP contribution in [0.4, 0.5) is 11.4 Å². The first-order valence-electron chi connectivity index (χ1n) is 9.31. The van der Waals surface area contributed by atoms with Crippen LogP contribution in [-0.2, 0) is 9.47 Å². The maximum atomic E-state index is 5.95. The lowest BCUT2D eigenvalue weighted by Gasteiger charge is -2.31. The van der Waals surface area contributed by atoms with Crippen LogP contribution in [-0.4, -0.2) is 53.6 Å². The molecule has 1 aromatic carbocycles. The van der Waals surface area contributed by atoms with Gasteiger partial charge in [0.05, 0.1) is 25.9 Å². The molecule has 1 aliphatic carbocycles. The fourth-order valence-electron chi connectivity index (χ4n) is 4.39. The van der Waals surface area contributed by atoms with Gasteiger partial charge in [-0.25, -0.2) is 0 Å². The molecule has 134 valence electrons. The van der Waals surface area contributed by atoms with Gasteiger partial charge in [-0.2, -0.15) is 0 Å². The van der Waals surface area contributed by atoms with Gasteiger partial charge in [-0.15, -0.1) is 0 Å². The zero-order chi connectivity index (χ0) is 16.9. The Balaban J connectivity index is 1.72. The predicted molar refractivity (Wildman–Crippen MR) is 100 cm³/mol. The molecule has 0 amide bonds. The minimum atomic E-state index is 0.511. The van der Waals surface area contributed by atoms with Crippen molar-refractivity contribution in [1.82, 2.24) is 0 Å². The number of hydrogen-bond acceptors (Lipinski definition) is 4. The quantitative estimate of drug-likeness (QED) is 0.715. The lowest BCUT2D eigenvalue weighted by molar-refractivity contribution is 0.0540. The van der Waals surface area contributed by atoms with Crippen LogP contribution in [0.25, 0.3) is 0 Å². The maximum absolute atomic E-state index is 5.95. The number of anilines is 2. The van der Waals surface area contributed by atoms with E-state index in [1.165, 1.54) is 43.6 Å². The van der Waals surface area contributed by atoms with Crippen LogP contribution < -0.4 is 9.80 Å². The first kappa shape index (κ1) is 17.6. The smallest absolute Gasteiger partial charge is 0.0701 e. The topological polar surface area (TPSA) is 24.9 Å². The van der Waals surface area contributed by atoms with Crippen LogP contribution >= 0.6 is 0 Å². The van der Waals surface area contributed by atoms with Crippen molar-refractivity contribution in [3.05, 3.63) is 24.3 Å². The summed E-state index contributed by atoms with van der Waals surface area (Å²) in [5.74, 6) is 1.62. The van der Waals surface area contributed by atoms with E-state index in [1.54, 1.807) is 7.11 Å². The standard InChI is InChI=1S/C20H32N2O2/c1-21(2)17-8-10-18(11-9-17)22-14-16-6-4-5-7-19(16)20(22)15-24-13-12-23-3/h8-11,16,19-20H,4-7,12-15H2,1-3H3. The first-order valence-corrected chi connectivity index (χ1v) is 9.31. The third kappa shape index (κ3) is 3.86. The summed E-state index contributed by atoms with van der Waals surface area (Å²) in [5, 5.41) is 0. The van der Waals surface area contributed by atoms with E-state index in [1.807, 2.05) is 0 Å². The summed E-state index contributed by atoms with van der Waals surface area (Å²) in [4.78, 5) is 4.76. The molecule has 3 atom stereocenters. The van der Waals surface area contributed by atoms with Gasteiger partial charge in [-0.05, 0) is 48.9 Å². The van der Waals surface area contributed by atoms with E-state index in [-0.39, 0.29) is 0 Å². The second-order valence-corrected chi connectivity index (χ2v) is 7.41. The SMILES string of the molecule is COCCOCC1C2CCCCC2CN1c1ccc(N(C)C)cc1. The van der Waals surface area contributed by atoms with E-state index in [4.69, 9.17) is 9.47 Å². The lowest BCUT2D eigenvalue weighted by atomic mass is 9.79. The van der Waals surface area contributed by atoms with Crippen LogP contribution in [0.3, 0.4) is 0 Å². The molecule has 0 aromatic heterocycles. The molecule has 4 nitrogen and oxygen atoms in total. The van der Waals surface area contributed by atoms with E-state index in [2.05, 4.69) is 48.2 Å². The molecule has 1 saturated heterocycles. The number of nitrogens with zero attached hydrogens (tertiary/aromatic N) is 2. The molecule has 1 aliphatic heterocycles. The summed E-state index contributed by atoms with van der Waals surface area (Å²) in [5.41, 5.74) is 2.60. The van der Waals surface area contributed by atoms with Gasteiger partial charge in [0.15, 0.2) is 0 Å². The average Bonchev–Trinajstić information content (AvgIpc) is 2.97. The molecular formula is C20H32N2O2. The summed E-state index contributed by atoms with van der Waals surface area (Å²) in [6, 6.07) is 9.50. The number of rotatable bonds is 7. The summed E-state index contributed by atoms with van der Waals surface area (Å²) >= 11 is 0. The minimum absolute atomic E-state index is 0.511. The molecule has 24 heavy (non-hydrogen) atoms. The van der Waals surface area contributed by atoms with Crippen molar-refractivity contribution in [3.8, 4) is 0 Å². The molecule has 0 spiro atoms. The first-order chi connectivity index (χ1) is 11.7. The summed E-state index contributed by atoms with van der Waals surface area (Å²) in [6.07, 6.45) is 5.51. The largest absolute Gasteiger partial charge is 0.382 e. The van der Waals surface area contributed by atoms with Gasteiger partial charge in [-0.1, -0.05) is 12.8 Å². The number of fused-ring (bicyclic) bond motifs is 1. The molecule has 1 saturated carbocycles. The summed E-state index contributed by atoms with van der Waals surface area (Å²) in [6.45, 7) is 3.38. The molecule has 0 N–H and O–H groups in total. The molecule has 1 heterocycles. The second-order valence-electron chi connectivity index (χ2n) is 7.41. The van der Waals surface area contributed by atoms with Crippen LogP contribution in [0.2, 0.25) is 0 Å². The van der Waals surface area contributed by atoms with E-state index in [9.17, 15) is 0 Å². The average molecular weight is 332 g/mol. The molecule has 0 bridgehead atoms. The number of hydrogen-bond donors (Lipinski definition) is 0. The van der Waals surface area contributed by atoms with Crippen molar-refractivity contribution >= 4 is 11.4 Å². The van der Waals surface area contributed by atoms with Crippen molar-refractivity contribution in [3.63, 3.8) is 0 Å². The van der Waals surface area contributed by atoms with Gasteiger partial charge >= 0.3 is 0 Å². The van der Waals surface area contributed by atoms with Gasteiger partial charge in [-0.3, -0.25) is 0 Å². The highest BCUT2D eigenvalue weighted by Crippen LogP contribution is 2.42. The normalized spacial score (nSPS) is 26.5. The highest BCUT2D eigenvalue weighted by Gasteiger charge is 2.42. The molecule has 0 radical (unpaired) electrons. The van der Waals surface area contributed by atoms with E-state index in [0.29, 0.717) is 19.3 Å². The molecule has 4 heteroatoms. The summed E-state index contributed by atoms with van der Waals surface area (Å²) < 4.78 is 11.1. The highest BCUT2D eigenvalue weighted by atomic mass is 16.5. The molecule has 3 rings (SSSR count). The van der Waals surface area contributed by atoms with Crippen molar-refractivity contribution in [2.24, 2.45) is 11.8 Å². The van der Waals surface area contributed by atoms with Crippen molar-refractivity contribution in [2.45, 2.75) is 31.7 Å². The third-order valence-corrected chi connectivity index (χ3v) is 5.71. The van der Waals surface area contributed by atoms with Gasteiger partial charge in [0, 0.05) is 39.1 Å². The van der Waals surface area contributed by atoms with Crippen molar-refractivity contribution in [1.29, 1.82) is 0 Å². The second kappa shape index (κ2) is 8.21. The Kier molecular flexibility index (Phi) is 6.01. The molecular weight excluding hydrogens is 300 g/mol. The zero-order valence-corrected chi connectivity index (χ0v) is 15.4.